The predicted octanol–water partition coefficient (Wildman–Crippen LogP) is 4.31. The molecule has 1 unspecified atom stereocenters. The first kappa shape index (κ1) is 18.9. The highest BCUT2D eigenvalue weighted by Gasteiger charge is 2.19. The third kappa shape index (κ3) is 4.09. The van der Waals surface area contributed by atoms with Crippen molar-refractivity contribution < 1.29 is 4.79 Å². The summed E-state index contributed by atoms with van der Waals surface area (Å²) in [7, 11) is 4.09. The van der Waals surface area contributed by atoms with Crippen LogP contribution in [0.5, 0.6) is 0 Å². The monoisotopic (exact) mass is 387 g/mol. The van der Waals surface area contributed by atoms with Crippen LogP contribution in [0.3, 0.4) is 0 Å². The molecular weight excluding hydrogens is 362 g/mol. The Morgan fingerprint density at radius 1 is 1.27 bits per heavy atom. The molecule has 0 aliphatic heterocycles. The number of carbonyl (C=O) groups is 1. The van der Waals surface area contributed by atoms with Gasteiger partial charge in [0.05, 0.1) is 18.2 Å². The lowest BCUT2D eigenvalue weighted by molar-refractivity contribution is 0.0941. The first-order chi connectivity index (χ1) is 12.5. The molecule has 1 atom stereocenters. The summed E-state index contributed by atoms with van der Waals surface area (Å²) in [5, 5.41) is 9.43. The van der Waals surface area contributed by atoms with Gasteiger partial charge in [0.1, 0.15) is 0 Å². The molecular formula is C20H25N3OS2. The molecule has 0 aromatic carbocycles. The van der Waals surface area contributed by atoms with Gasteiger partial charge in [-0.05, 0) is 67.8 Å². The van der Waals surface area contributed by atoms with Gasteiger partial charge < -0.3 is 14.8 Å². The Morgan fingerprint density at radius 3 is 2.69 bits per heavy atom. The summed E-state index contributed by atoms with van der Waals surface area (Å²) in [6, 6.07) is 8.49. The summed E-state index contributed by atoms with van der Waals surface area (Å²) < 4.78 is 2.21. The van der Waals surface area contributed by atoms with Crippen LogP contribution in [0.25, 0.3) is 0 Å². The molecule has 138 valence electrons. The van der Waals surface area contributed by atoms with E-state index < -0.39 is 0 Å². The molecule has 1 amide bonds. The number of aryl methyl sites for hydroxylation is 1. The lowest BCUT2D eigenvalue weighted by atomic mass is 10.1. The van der Waals surface area contributed by atoms with E-state index in [2.05, 4.69) is 56.0 Å². The average molecular weight is 388 g/mol. The highest BCUT2D eigenvalue weighted by atomic mass is 32.1. The minimum absolute atomic E-state index is 0.00221. The minimum Gasteiger partial charge on any atom is -0.350 e. The second-order valence-electron chi connectivity index (χ2n) is 6.70. The Bertz CT molecular complexity index is 848. The van der Waals surface area contributed by atoms with E-state index in [-0.39, 0.29) is 11.9 Å². The highest BCUT2D eigenvalue weighted by Crippen LogP contribution is 2.22. The number of thiophene rings is 2. The maximum absolute atomic E-state index is 12.8. The molecule has 1 N–H and O–H groups in total. The molecule has 0 aliphatic rings. The van der Waals surface area contributed by atoms with Crippen molar-refractivity contribution >= 4 is 28.6 Å². The summed E-state index contributed by atoms with van der Waals surface area (Å²) in [6.45, 7) is 5.50. The first-order valence-corrected chi connectivity index (χ1v) is 10.5. The minimum atomic E-state index is -0.00221. The summed E-state index contributed by atoms with van der Waals surface area (Å²) in [5.74, 6) is -0.00221. The quantitative estimate of drug-likeness (QED) is 0.656. The second kappa shape index (κ2) is 8.20. The number of hydrogen-bond acceptors (Lipinski definition) is 4. The molecule has 0 radical (unpaired) electrons. The fourth-order valence-corrected chi connectivity index (χ4v) is 4.58. The molecule has 26 heavy (non-hydrogen) atoms. The molecule has 0 bridgehead atoms. The van der Waals surface area contributed by atoms with Gasteiger partial charge in [-0.2, -0.15) is 11.3 Å². The number of nitrogens with zero attached hydrogens (tertiary/aromatic N) is 2. The molecule has 3 aromatic rings. The molecule has 4 nitrogen and oxygen atoms in total. The van der Waals surface area contributed by atoms with Crippen molar-refractivity contribution in [2.45, 2.75) is 26.4 Å². The van der Waals surface area contributed by atoms with Crippen LogP contribution in [0.15, 0.2) is 40.4 Å². The van der Waals surface area contributed by atoms with Gasteiger partial charge in [0.15, 0.2) is 0 Å². The van der Waals surface area contributed by atoms with E-state index >= 15 is 0 Å². The van der Waals surface area contributed by atoms with E-state index in [0.717, 1.165) is 23.5 Å². The fourth-order valence-electron chi connectivity index (χ4n) is 3.18. The molecule has 0 spiro atoms. The Labute approximate surface area is 163 Å². The van der Waals surface area contributed by atoms with Crippen molar-refractivity contribution in [3.8, 4) is 0 Å². The van der Waals surface area contributed by atoms with Crippen LogP contribution < -0.4 is 5.32 Å². The molecule has 0 saturated carbocycles. The topological polar surface area (TPSA) is 37.3 Å². The van der Waals surface area contributed by atoms with Crippen molar-refractivity contribution in [1.29, 1.82) is 0 Å². The van der Waals surface area contributed by atoms with Gasteiger partial charge in [0, 0.05) is 22.8 Å². The number of amides is 1. The SMILES string of the molecule is Cc1cc(C(=O)NCC(c2ccsc2)N(C)C)c(C)n1Cc1cccs1. The van der Waals surface area contributed by atoms with E-state index in [1.165, 1.54) is 10.4 Å². The first-order valence-electron chi connectivity index (χ1n) is 8.63. The molecule has 3 rings (SSSR count). The van der Waals surface area contributed by atoms with Crippen molar-refractivity contribution in [1.82, 2.24) is 14.8 Å². The van der Waals surface area contributed by atoms with Gasteiger partial charge in [-0.3, -0.25) is 4.79 Å². The molecule has 3 aromatic heterocycles. The third-order valence-corrected chi connectivity index (χ3v) is 6.28. The van der Waals surface area contributed by atoms with Crippen LogP contribution in [-0.2, 0) is 6.54 Å². The van der Waals surface area contributed by atoms with Crippen LogP contribution >= 0.6 is 22.7 Å². The predicted molar refractivity (Wildman–Crippen MR) is 110 cm³/mol. The maximum atomic E-state index is 12.8. The Kier molecular flexibility index (Phi) is 5.96. The largest absolute Gasteiger partial charge is 0.350 e. The highest BCUT2D eigenvalue weighted by molar-refractivity contribution is 7.09. The van der Waals surface area contributed by atoms with Gasteiger partial charge in [-0.25, -0.2) is 0 Å². The van der Waals surface area contributed by atoms with E-state index in [9.17, 15) is 4.79 Å². The number of likely N-dealkylation sites (N-methyl/N-ethyl adjacent to an activating group) is 1. The number of hydrogen-bond donors (Lipinski definition) is 1. The number of carbonyl (C=O) groups excluding carboxylic acids is 1. The van der Waals surface area contributed by atoms with Crippen LogP contribution in [0.2, 0.25) is 0 Å². The molecule has 6 heteroatoms. The zero-order chi connectivity index (χ0) is 18.7. The van der Waals surface area contributed by atoms with Crippen molar-refractivity contribution in [2.75, 3.05) is 20.6 Å². The number of nitrogens with one attached hydrogen (secondary N) is 1. The van der Waals surface area contributed by atoms with Crippen LogP contribution in [-0.4, -0.2) is 36.0 Å². The standard InChI is InChI=1S/C20H25N3OS2/c1-14-10-18(15(2)23(14)12-17-6-5-8-26-17)20(24)21-11-19(22(3)4)16-7-9-25-13-16/h5-10,13,19H,11-12H2,1-4H3,(H,21,24). The average Bonchev–Trinajstić information content (AvgIpc) is 3.34. The summed E-state index contributed by atoms with van der Waals surface area (Å²) in [4.78, 5) is 16.2. The van der Waals surface area contributed by atoms with Gasteiger partial charge in [-0.1, -0.05) is 6.07 Å². The van der Waals surface area contributed by atoms with Crippen molar-refractivity contribution in [3.63, 3.8) is 0 Å². The molecule has 0 aliphatic carbocycles. The van der Waals surface area contributed by atoms with Crippen LogP contribution in [0.1, 0.15) is 38.2 Å². The maximum Gasteiger partial charge on any atom is 0.253 e. The van der Waals surface area contributed by atoms with E-state index in [0.29, 0.717) is 6.54 Å². The smallest absolute Gasteiger partial charge is 0.253 e. The van der Waals surface area contributed by atoms with Gasteiger partial charge in [0.25, 0.3) is 5.91 Å². The van der Waals surface area contributed by atoms with E-state index in [1.54, 1.807) is 22.7 Å². The Balaban J connectivity index is 1.72. The molecule has 0 saturated heterocycles. The fraction of sp³-hybridized carbons (Fsp3) is 0.350. The normalized spacial score (nSPS) is 12.5. The van der Waals surface area contributed by atoms with E-state index in [1.807, 2.05) is 27.1 Å². The van der Waals surface area contributed by atoms with Crippen molar-refractivity contribution in [2.24, 2.45) is 0 Å². The second-order valence-corrected chi connectivity index (χ2v) is 8.51. The summed E-state index contributed by atoms with van der Waals surface area (Å²) >= 11 is 3.43. The van der Waals surface area contributed by atoms with Crippen LogP contribution in [0.4, 0.5) is 0 Å². The third-order valence-electron chi connectivity index (χ3n) is 4.72. The van der Waals surface area contributed by atoms with Crippen molar-refractivity contribution in [3.05, 3.63) is 67.8 Å². The molecule has 3 heterocycles. The Morgan fingerprint density at radius 2 is 2.08 bits per heavy atom. The summed E-state index contributed by atoms with van der Waals surface area (Å²) in [6.07, 6.45) is 0. The zero-order valence-electron chi connectivity index (χ0n) is 15.7. The lowest BCUT2D eigenvalue weighted by Gasteiger charge is -2.24. The summed E-state index contributed by atoms with van der Waals surface area (Å²) in [5.41, 5.74) is 4.14. The van der Waals surface area contributed by atoms with Gasteiger partial charge in [0.2, 0.25) is 0 Å². The Hall–Kier alpha value is -1.89. The molecule has 0 fully saturated rings. The lowest BCUT2D eigenvalue weighted by Crippen LogP contribution is -2.34. The van der Waals surface area contributed by atoms with Gasteiger partial charge in [-0.15, -0.1) is 11.3 Å². The van der Waals surface area contributed by atoms with Gasteiger partial charge >= 0.3 is 0 Å². The van der Waals surface area contributed by atoms with E-state index in [4.69, 9.17) is 0 Å². The zero-order valence-corrected chi connectivity index (χ0v) is 17.3. The number of rotatable bonds is 7. The van der Waals surface area contributed by atoms with Crippen LogP contribution in [0, 0.1) is 13.8 Å². The number of aromatic nitrogens is 1.